The number of hydrogen-bond acceptors (Lipinski definition) is 1. The molecule has 1 N–H and O–H groups in total. The van der Waals surface area contributed by atoms with E-state index in [9.17, 15) is 4.79 Å². The van der Waals surface area contributed by atoms with Crippen LogP contribution in [0.15, 0.2) is 54.6 Å². The predicted molar refractivity (Wildman–Crippen MR) is 91.8 cm³/mol. The van der Waals surface area contributed by atoms with Crippen molar-refractivity contribution in [3.63, 3.8) is 0 Å². The Balaban J connectivity index is 1.96. The van der Waals surface area contributed by atoms with E-state index in [4.69, 9.17) is 0 Å². The highest BCUT2D eigenvalue weighted by atomic mass is 16.1. The summed E-state index contributed by atoms with van der Waals surface area (Å²) < 4.78 is 0. The van der Waals surface area contributed by atoms with Crippen LogP contribution in [0.3, 0.4) is 0 Å². The predicted octanol–water partition coefficient (Wildman–Crippen LogP) is 4.76. The molecule has 0 heterocycles. The second-order valence-corrected chi connectivity index (χ2v) is 5.95. The molecule has 0 aromatic heterocycles. The zero-order valence-electron chi connectivity index (χ0n) is 13.7. The van der Waals surface area contributed by atoms with Crippen LogP contribution in [0.1, 0.15) is 55.3 Å². The van der Waals surface area contributed by atoms with Gasteiger partial charge < -0.3 is 5.32 Å². The Morgan fingerprint density at radius 2 is 1.64 bits per heavy atom. The van der Waals surface area contributed by atoms with Crippen LogP contribution in [0.25, 0.3) is 0 Å². The van der Waals surface area contributed by atoms with Crippen LogP contribution in [-0.4, -0.2) is 5.91 Å². The van der Waals surface area contributed by atoms with Gasteiger partial charge in [0.05, 0.1) is 6.04 Å². The van der Waals surface area contributed by atoms with Gasteiger partial charge in [0.2, 0.25) is 5.91 Å². The molecule has 0 saturated carbocycles. The van der Waals surface area contributed by atoms with E-state index >= 15 is 0 Å². The maximum atomic E-state index is 12.3. The summed E-state index contributed by atoms with van der Waals surface area (Å²) >= 11 is 0. The first-order valence-corrected chi connectivity index (χ1v) is 8.01. The van der Waals surface area contributed by atoms with Gasteiger partial charge in [-0.2, -0.15) is 0 Å². The van der Waals surface area contributed by atoms with Crippen molar-refractivity contribution in [3.8, 4) is 0 Å². The van der Waals surface area contributed by atoms with Crippen molar-refractivity contribution >= 4 is 5.91 Å². The van der Waals surface area contributed by atoms with Gasteiger partial charge in [-0.15, -0.1) is 0 Å². The summed E-state index contributed by atoms with van der Waals surface area (Å²) in [5.41, 5.74) is 3.62. The first kappa shape index (κ1) is 16.3. The third kappa shape index (κ3) is 4.45. The lowest BCUT2D eigenvalue weighted by molar-refractivity contribution is -0.122. The average Bonchev–Trinajstić information content (AvgIpc) is 2.54. The first-order valence-electron chi connectivity index (χ1n) is 8.01. The van der Waals surface area contributed by atoms with E-state index in [1.807, 2.05) is 18.2 Å². The Morgan fingerprint density at radius 1 is 1.00 bits per heavy atom. The van der Waals surface area contributed by atoms with Gasteiger partial charge >= 0.3 is 0 Å². The minimum Gasteiger partial charge on any atom is -0.349 e. The van der Waals surface area contributed by atoms with E-state index in [0.717, 1.165) is 6.42 Å². The summed E-state index contributed by atoms with van der Waals surface area (Å²) in [6.45, 7) is 6.28. The molecule has 2 heteroatoms. The lowest BCUT2D eigenvalue weighted by Crippen LogP contribution is -2.29. The second kappa shape index (κ2) is 7.79. The molecule has 0 aliphatic rings. The highest BCUT2D eigenvalue weighted by Crippen LogP contribution is 2.21. The van der Waals surface area contributed by atoms with Gasteiger partial charge in [-0.25, -0.2) is 0 Å². The number of nitrogens with one attached hydrogen (secondary N) is 1. The molecule has 1 amide bonds. The zero-order valence-corrected chi connectivity index (χ0v) is 13.7. The molecule has 0 aliphatic heterocycles. The fraction of sp³-hybridized carbons (Fsp3) is 0.350. The van der Waals surface area contributed by atoms with Crippen LogP contribution in [-0.2, 0) is 4.79 Å². The van der Waals surface area contributed by atoms with Crippen LogP contribution in [0.5, 0.6) is 0 Å². The minimum atomic E-state index is 0.0936. The van der Waals surface area contributed by atoms with E-state index in [2.05, 4.69) is 62.5 Å². The van der Waals surface area contributed by atoms with Crippen molar-refractivity contribution < 1.29 is 4.79 Å². The molecule has 0 radical (unpaired) electrons. The van der Waals surface area contributed by atoms with Crippen molar-refractivity contribution in [2.24, 2.45) is 0 Å². The SMILES string of the molecule is CCC(NC(=O)CC(C)c1ccccc1)c1ccc(C)cc1. The van der Waals surface area contributed by atoms with Crippen molar-refractivity contribution in [2.45, 2.75) is 45.6 Å². The molecule has 2 atom stereocenters. The van der Waals surface area contributed by atoms with Gasteiger partial charge in [0.15, 0.2) is 0 Å². The summed E-state index contributed by atoms with van der Waals surface area (Å²) in [5, 5.41) is 3.16. The number of hydrogen-bond donors (Lipinski definition) is 1. The highest BCUT2D eigenvalue weighted by molar-refractivity contribution is 5.77. The number of amides is 1. The quantitative estimate of drug-likeness (QED) is 0.818. The number of aryl methyl sites for hydroxylation is 1. The average molecular weight is 295 g/mol. The summed E-state index contributed by atoms with van der Waals surface area (Å²) in [6, 6.07) is 18.7. The van der Waals surface area contributed by atoms with Gasteiger partial charge in [-0.1, -0.05) is 74.0 Å². The Bertz CT molecular complexity index is 589. The smallest absolute Gasteiger partial charge is 0.221 e. The third-order valence-corrected chi connectivity index (χ3v) is 4.08. The van der Waals surface area contributed by atoms with E-state index in [1.165, 1.54) is 16.7 Å². The third-order valence-electron chi connectivity index (χ3n) is 4.08. The summed E-state index contributed by atoms with van der Waals surface area (Å²) in [6.07, 6.45) is 1.42. The lowest BCUT2D eigenvalue weighted by Gasteiger charge is -2.19. The molecule has 0 saturated heterocycles. The fourth-order valence-corrected chi connectivity index (χ4v) is 2.65. The molecule has 22 heavy (non-hydrogen) atoms. The van der Waals surface area contributed by atoms with Gasteiger partial charge in [-0.05, 0) is 30.4 Å². The molecule has 116 valence electrons. The van der Waals surface area contributed by atoms with Crippen molar-refractivity contribution in [3.05, 3.63) is 71.3 Å². The summed E-state index contributed by atoms with van der Waals surface area (Å²) in [5.74, 6) is 0.348. The van der Waals surface area contributed by atoms with Gasteiger partial charge in [0, 0.05) is 6.42 Å². The van der Waals surface area contributed by atoms with Crippen LogP contribution in [0.4, 0.5) is 0 Å². The van der Waals surface area contributed by atoms with Crippen LogP contribution in [0, 0.1) is 6.92 Å². The molecule has 2 unspecified atom stereocenters. The number of carbonyl (C=O) groups is 1. The molecule has 0 bridgehead atoms. The Hall–Kier alpha value is -2.09. The fourth-order valence-electron chi connectivity index (χ4n) is 2.65. The monoisotopic (exact) mass is 295 g/mol. The van der Waals surface area contributed by atoms with Crippen LogP contribution < -0.4 is 5.32 Å². The van der Waals surface area contributed by atoms with E-state index in [-0.39, 0.29) is 17.9 Å². The molecule has 0 fully saturated rings. The molecule has 2 aromatic carbocycles. The molecular formula is C20H25NO. The summed E-state index contributed by atoms with van der Waals surface area (Å²) in [4.78, 5) is 12.3. The molecule has 2 aromatic rings. The minimum absolute atomic E-state index is 0.0936. The Labute approximate surface area is 133 Å². The highest BCUT2D eigenvalue weighted by Gasteiger charge is 2.15. The van der Waals surface area contributed by atoms with Crippen LogP contribution in [0.2, 0.25) is 0 Å². The van der Waals surface area contributed by atoms with Gasteiger partial charge in [0.25, 0.3) is 0 Å². The molecule has 2 nitrogen and oxygen atoms in total. The molecule has 2 rings (SSSR count). The summed E-state index contributed by atoms with van der Waals surface area (Å²) in [7, 11) is 0. The standard InChI is InChI=1S/C20H25NO/c1-4-19(18-12-10-15(2)11-13-18)21-20(22)14-16(3)17-8-6-5-7-9-17/h5-13,16,19H,4,14H2,1-3H3,(H,21,22). The molecule has 0 aliphatic carbocycles. The van der Waals surface area contributed by atoms with E-state index < -0.39 is 0 Å². The maximum absolute atomic E-state index is 12.3. The van der Waals surface area contributed by atoms with Crippen molar-refractivity contribution in [2.75, 3.05) is 0 Å². The maximum Gasteiger partial charge on any atom is 0.221 e. The van der Waals surface area contributed by atoms with Crippen molar-refractivity contribution in [1.82, 2.24) is 5.32 Å². The van der Waals surface area contributed by atoms with Crippen molar-refractivity contribution in [1.29, 1.82) is 0 Å². The van der Waals surface area contributed by atoms with Crippen LogP contribution >= 0.6 is 0 Å². The second-order valence-electron chi connectivity index (χ2n) is 5.95. The van der Waals surface area contributed by atoms with Gasteiger partial charge in [-0.3, -0.25) is 4.79 Å². The van der Waals surface area contributed by atoms with Gasteiger partial charge in [0.1, 0.15) is 0 Å². The Morgan fingerprint density at radius 3 is 2.23 bits per heavy atom. The topological polar surface area (TPSA) is 29.1 Å². The molecule has 0 spiro atoms. The Kier molecular flexibility index (Phi) is 5.76. The number of carbonyl (C=O) groups excluding carboxylic acids is 1. The molecular weight excluding hydrogens is 270 g/mol. The zero-order chi connectivity index (χ0) is 15.9. The first-order chi connectivity index (χ1) is 10.6. The number of rotatable bonds is 6. The normalized spacial score (nSPS) is 13.4. The van der Waals surface area contributed by atoms with E-state index in [0.29, 0.717) is 6.42 Å². The largest absolute Gasteiger partial charge is 0.349 e. The van der Waals surface area contributed by atoms with E-state index in [1.54, 1.807) is 0 Å². The number of benzene rings is 2. The lowest BCUT2D eigenvalue weighted by atomic mass is 9.97.